The lowest BCUT2D eigenvalue weighted by molar-refractivity contribution is -0.130. The van der Waals surface area contributed by atoms with Gasteiger partial charge in [-0.1, -0.05) is 41.9 Å². The first kappa shape index (κ1) is 17.2. The Labute approximate surface area is 163 Å². The van der Waals surface area contributed by atoms with Gasteiger partial charge < -0.3 is 0 Å². The number of sulfonamides is 1. The second-order valence-corrected chi connectivity index (χ2v) is 12.0. The van der Waals surface area contributed by atoms with Crippen molar-refractivity contribution in [2.75, 3.05) is 5.75 Å². The summed E-state index contributed by atoms with van der Waals surface area (Å²) in [6, 6.07) is 7.91. The largest absolute Gasteiger partial charge is 0.273 e. The van der Waals surface area contributed by atoms with Gasteiger partial charge in [0.2, 0.25) is 15.9 Å². The van der Waals surface area contributed by atoms with Gasteiger partial charge in [-0.05, 0) is 60.6 Å². The first-order valence-corrected chi connectivity index (χ1v) is 11.9. The maximum Gasteiger partial charge on any atom is 0.240 e. The monoisotopic (exact) mass is 437 g/mol. The Balaban J connectivity index is 1.44. The summed E-state index contributed by atoms with van der Waals surface area (Å²) < 4.78 is 28.4. The molecule has 5 atom stereocenters. The van der Waals surface area contributed by atoms with Gasteiger partial charge in [0.05, 0.1) is 11.8 Å². The molecule has 5 rings (SSSR count). The van der Waals surface area contributed by atoms with Crippen LogP contribution in [0.5, 0.6) is 0 Å². The third-order valence-electron chi connectivity index (χ3n) is 8.03. The van der Waals surface area contributed by atoms with Crippen LogP contribution in [-0.2, 0) is 14.8 Å². The molecule has 0 aromatic heterocycles. The average Bonchev–Trinajstić information content (AvgIpc) is 3.22. The van der Waals surface area contributed by atoms with Gasteiger partial charge in [-0.2, -0.15) is 0 Å². The Morgan fingerprint density at radius 1 is 1.19 bits per heavy atom. The Kier molecular flexibility index (Phi) is 3.40. The molecule has 1 spiro atoms. The van der Waals surface area contributed by atoms with E-state index in [2.05, 4.69) is 29.8 Å². The molecule has 0 N–H and O–H groups in total. The van der Waals surface area contributed by atoms with E-state index in [1.54, 1.807) is 0 Å². The van der Waals surface area contributed by atoms with Crippen LogP contribution >= 0.6 is 15.9 Å². The van der Waals surface area contributed by atoms with Crippen molar-refractivity contribution in [2.24, 2.45) is 22.7 Å². The van der Waals surface area contributed by atoms with Crippen molar-refractivity contribution < 1.29 is 13.2 Å². The number of nitrogens with zero attached hydrogens (tertiary/aromatic N) is 1. The summed E-state index contributed by atoms with van der Waals surface area (Å²) in [5.41, 5.74) is 0.911. The van der Waals surface area contributed by atoms with E-state index in [1.165, 1.54) is 4.31 Å². The summed E-state index contributed by atoms with van der Waals surface area (Å²) in [7, 11) is -3.50. The number of carbonyl (C=O) groups excluding carboxylic acids is 1. The first-order chi connectivity index (χ1) is 12.2. The van der Waals surface area contributed by atoms with E-state index in [4.69, 9.17) is 0 Å². The molecule has 6 heteroatoms. The van der Waals surface area contributed by atoms with Crippen LogP contribution < -0.4 is 0 Å². The fourth-order valence-electron chi connectivity index (χ4n) is 6.29. The lowest BCUT2D eigenvalue weighted by Gasteiger charge is -2.37. The highest BCUT2D eigenvalue weighted by molar-refractivity contribution is 9.10. The van der Waals surface area contributed by atoms with E-state index < -0.39 is 10.0 Å². The van der Waals surface area contributed by atoms with Gasteiger partial charge >= 0.3 is 0 Å². The van der Waals surface area contributed by atoms with Crippen LogP contribution in [0.4, 0.5) is 0 Å². The molecule has 1 amide bonds. The highest BCUT2D eigenvalue weighted by Crippen LogP contribution is 2.70. The maximum atomic E-state index is 13.2. The standard InChI is InChI=1S/C20H24BrNO3S/c1-19(2)13-7-8-20(19)11-26(24,25)22(17(20)9-13)18(23)16-10-15(16)12-3-5-14(21)6-4-12/h3-6,13,15-17H,7-11H2,1-2H3/t13-,15+,16-,17-,20-/m1/s1. The lowest BCUT2D eigenvalue weighted by Crippen LogP contribution is -2.44. The first-order valence-electron chi connectivity index (χ1n) is 9.49. The second-order valence-electron chi connectivity index (χ2n) is 9.26. The van der Waals surface area contributed by atoms with Gasteiger partial charge in [0.25, 0.3) is 0 Å². The van der Waals surface area contributed by atoms with E-state index in [0.717, 1.165) is 35.7 Å². The van der Waals surface area contributed by atoms with Gasteiger partial charge in [-0.15, -0.1) is 0 Å². The van der Waals surface area contributed by atoms with Crippen molar-refractivity contribution in [2.45, 2.75) is 51.5 Å². The topological polar surface area (TPSA) is 54.5 Å². The van der Waals surface area contributed by atoms with Gasteiger partial charge in [0.1, 0.15) is 0 Å². The molecule has 1 saturated heterocycles. The van der Waals surface area contributed by atoms with Crippen LogP contribution in [0.3, 0.4) is 0 Å². The van der Waals surface area contributed by atoms with Crippen LogP contribution in [0.15, 0.2) is 28.7 Å². The zero-order chi connectivity index (χ0) is 18.5. The zero-order valence-electron chi connectivity index (χ0n) is 15.1. The number of amides is 1. The third kappa shape index (κ3) is 2.06. The van der Waals surface area contributed by atoms with Crippen molar-refractivity contribution in [3.8, 4) is 0 Å². The molecular formula is C20H24BrNO3S. The Morgan fingerprint density at radius 2 is 1.88 bits per heavy atom. The Hall–Kier alpha value is -0.880. The highest BCUT2D eigenvalue weighted by Gasteiger charge is 2.73. The molecule has 140 valence electrons. The Bertz CT molecular complexity index is 894. The predicted octanol–water partition coefficient (Wildman–Crippen LogP) is 3.92. The summed E-state index contributed by atoms with van der Waals surface area (Å²) in [5.74, 6) is 0.537. The van der Waals surface area contributed by atoms with Crippen molar-refractivity contribution in [3.05, 3.63) is 34.3 Å². The van der Waals surface area contributed by atoms with E-state index in [-0.39, 0.29) is 40.4 Å². The fraction of sp³-hybridized carbons (Fsp3) is 0.650. The molecule has 1 aromatic carbocycles. The highest BCUT2D eigenvalue weighted by atomic mass is 79.9. The van der Waals surface area contributed by atoms with E-state index >= 15 is 0 Å². The molecular weight excluding hydrogens is 414 g/mol. The number of halogens is 1. The predicted molar refractivity (Wildman–Crippen MR) is 103 cm³/mol. The van der Waals surface area contributed by atoms with Crippen molar-refractivity contribution in [3.63, 3.8) is 0 Å². The number of hydrogen-bond donors (Lipinski definition) is 0. The van der Waals surface area contributed by atoms with Gasteiger partial charge in [0, 0.05) is 15.8 Å². The van der Waals surface area contributed by atoms with Crippen molar-refractivity contribution in [1.29, 1.82) is 0 Å². The minimum absolute atomic E-state index is 0.00836. The Morgan fingerprint density at radius 3 is 2.54 bits per heavy atom. The van der Waals surface area contributed by atoms with Crippen LogP contribution in [-0.4, -0.2) is 30.4 Å². The molecule has 2 bridgehead atoms. The molecule has 0 unspecified atom stereocenters. The van der Waals surface area contributed by atoms with Gasteiger partial charge in [0.15, 0.2) is 0 Å². The lowest BCUT2D eigenvalue weighted by atomic mass is 9.69. The van der Waals surface area contributed by atoms with Crippen LogP contribution in [0.2, 0.25) is 0 Å². The smallest absolute Gasteiger partial charge is 0.240 e. The molecule has 4 nitrogen and oxygen atoms in total. The van der Waals surface area contributed by atoms with E-state index in [0.29, 0.717) is 5.92 Å². The quantitative estimate of drug-likeness (QED) is 0.704. The minimum atomic E-state index is -3.50. The van der Waals surface area contributed by atoms with Crippen molar-refractivity contribution >= 4 is 31.9 Å². The van der Waals surface area contributed by atoms with E-state index in [9.17, 15) is 13.2 Å². The van der Waals surface area contributed by atoms with E-state index in [1.807, 2.05) is 24.3 Å². The zero-order valence-corrected chi connectivity index (χ0v) is 17.5. The van der Waals surface area contributed by atoms with Gasteiger partial charge in [-0.3, -0.25) is 4.79 Å². The molecule has 1 aliphatic heterocycles. The number of fused-ring (bicyclic) bond motifs is 1. The summed E-state index contributed by atoms with van der Waals surface area (Å²) in [4.78, 5) is 13.2. The average molecular weight is 438 g/mol. The van der Waals surface area contributed by atoms with Crippen LogP contribution in [0.25, 0.3) is 0 Å². The molecule has 4 aliphatic rings. The molecule has 0 radical (unpaired) electrons. The summed E-state index contributed by atoms with van der Waals surface area (Å²) in [6.45, 7) is 4.44. The molecule has 1 aromatic rings. The normalized spacial score (nSPS) is 41.3. The third-order valence-corrected chi connectivity index (χ3v) is 10.5. The molecule has 3 aliphatic carbocycles. The summed E-state index contributed by atoms with van der Waals surface area (Å²) >= 11 is 3.43. The minimum Gasteiger partial charge on any atom is -0.273 e. The number of hydrogen-bond acceptors (Lipinski definition) is 3. The van der Waals surface area contributed by atoms with Crippen molar-refractivity contribution in [1.82, 2.24) is 4.31 Å². The molecule has 26 heavy (non-hydrogen) atoms. The summed E-state index contributed by atoms with van der Waals surface area (Å²) in [5, 5.41) is 0. The van der Waals surface area contributed by atoms with Gasteiger partial charge in [-0.25, -0.2) is 12.7 Å². The summed E-state index contributed by atoms with van der Waals surface area (Å²) in [6.07, 6.45) is 3.66. The van der Waals surface area contributed by atoms with Crippen LogP contribution in [0.1, 0.15) is 51.0 Å². The van der Waals surface area contributed by atoms with Crippen LogP contribution in [0, 0.1) is 22.7 Å². The number of benzene rings is 1. The molecule has 3 saturated carbocycles. The number of rotatable bonds is 2. The number of carbonyl (C=O) groups is 1. The molecule has 4 fully saturated rings. The SMILES string of the molecule is CC1(C)[C@@H]2CC[C@]13CS(=O)(=O)N(C(=O)[C@@H]1C[C@H]1c1ccc(Br)cc1)[C@@H]3C2. The molecule has 1 heterocycles. The second kappa shape index (κ2) is 5.13. The maximum absolute atomic E-state index is 13.2. The fourth-order valence-corrected chi connectivity index (χ4v) is 9.14.